The normalized spacial score (nSPS) is 30.4. The number of carbonyl (C=O) groups is 1. The summed E-state index contributed by atoms with van der Waals surface area (Å²) in [5, 5.41) is 0. The number of quaternary nitrogens is 1. The number of hydrogen-bond donors (Lipinski definition) is 1. The maximum atomic E-state index is 11.2. The first-order chi connectivity index (χ1) is 5.25. The van der Waals surface area contributed by atoms with Gasteiger partial charge in [-0.15, -0.1) is 0 Å². The van der Waals surface area contributed by atoms with Crippen LogP contribution in [0.15, 0.2) is 0 Å². The summed E-state index contributed by atoms with van der Waals surface area (Å²) < 4.78 is 4.92. The summed E-state index contributed by atoms with van der Waals surface area (Å²) in [6, 6.07) is 0.286. The molecule has 0 aromatic rings. The van der Waals surface area contributed by atoms with Gasteiger partial charge in [-0.1, -0.05) is 0 Å². The molecule has 1 fully saturated rings. The van der Waals surface area contributed by atoms with Crippen LogP contribution in [0.25, 0.3) is 0 Å². The van der Waals surface area contributed by atoms with Gasteiger partial charge in [-0.05, 0) is 19.8 Å². The minimum atomic E-state index is -0.0509. The molecule has 1 aliphatic rings. The quantitative estimate of drug-likeness (QED) is 0.573. The molecule has 0 heterocycles. The van der Waals surface area contributed by atoms with E-state index in [1.165, 1.54) is 0 Å². The number of ether oxygens (including phenoxy) is 1. The Morgan fingerprint density at radius 2 is 2.36 bits per heavy atom. The number of hydrogen-bond acceptors (Lipinski definition) is 2. The molecule has 1 aliphatic carbocycles. The van der Waals surface area contributed by atoms with Crippen molar-refractivity contribution in [2.24, 2.45) is 5.92 Å². The summed E-state index contributed by atoms with van der Waals surface area (Å²) in [6.45, 7) is 2.33. The van der Waals surface area contributed by atoms with Crippen LogP contribution < -0.4 is 5.73 Å². The lowest BCUT2D eigenvalue weighted by molar-refractivity contribution is -0.425. The molecule has 1 rings (SSSR count). The standard InChI is InChI=1S/C8H15NO2/c1-2-11-8(10)6-4-3-5-7(6)9/h6-7H,2-5,9H2,1H3/p+1. The summed E-state index contributed by atoms with van der Waals surface area (Å²) in [5.74, 6) is 0.0277. The molecular weight excluding hydrogens is 142 g/mol. The molecule has 0 saturated heterocycles. The van der Waals surface area contributed by atoms with Gasteiger partial charge in [0.05, 0.1) is 12.6 Å². The Hall–Kier alpha value is -0.570. The highest BCUT2D eigenvalue weighted by Gasteiger charge is 2.34. The summed E-state index contributed by atoms with van der Waals surface area (Å²) in [6.07, 6.45) is 3.16. The minimum absolute atomic E-state index is 0.0509. The molecule has 64 valence electrons. The third kappa shape index (κ3) is 1.93. The average Bonchev–Trinajstić information content (AvgIpc) is 2.36. The van der Waals surface area contributed by atoms with Gasteiger partial charge in [-0.2, -0.15) is 0 Å². The fourth-order valence-electron chi connectivity index (χ4n) is 1.60. The highest BCUT2D eigenvalue weighted by Crippen LogP contribution is 2.23. The maximum absolute atomic E-state index is 11.2. The van der Waals surface area contributed by atoms with Crippen molar-refractivity contribution in [3.05, 3.63) is 0 Å². The predicted octanol–water partition coefficient (Wildman–Crippen LogP) is -0.0399. The van der Waals surface area contributed by atoms with Crippen molar-refractivity contribution < 1.29 is 15.3 Å². The lowest BCUT2D eigenvalue weighted by Gasteiger charge is -2.10. The number of rotatable bonds is 2. The van der Waals surface area contributed by atoms with Gasteiger partial charge in [0.15, 0.2) is 0 Å². The zero-order chi connectivity index (χ0) is 8.27. The molecule has 3 N–H and O–H groups in total. The molecule has 0 aliphatic heterocycles. The van der Waals surface area contributed by atoms with Crippen molar-refractivity contribution in [1.29, 1.82) is 0 Å². The van der Waals surface area contributed by atoms with Gasteiger partial charge in [-0.3, -0.25) is 4.79 Å². The second kappa shape index (κ2) is 3.72. The van der Waals surface area contributed by atoms with Crippen LogP contribution in [0.1, 0.15) is 26.2 Å². The van der Waals surface area contributed by atoms with E-state index in [9.17, 15) is 4.79 Å². The molecule has 2 unspecified atom stereocenters. The molecule has 0 aromatic heterocycles. The SMILES string of the molecule is CCOC(=O)C1CCCC1[NH3+]. The van der Waals surface area contributed by atoms with Gasteiger partial charge >= 0.3 is 5.97 Å². The molecule has 3 nitrogen and oxygen atoms in total. The maximum Gasteiger partial charge on any atom is 0.314 e. The lowest BCUT2D eigenvalue weighted by atomic mass is 10.1. The molecule has 0 bridgehead atoms. The Balaban J connectivity index is 2.39. The van der Waals surface area contributed by atoms with Crippen LogP contribution in [0.2, 0.25) is 0 Å². The van der Waals surface area contributed by atoms with Gasteiger partial charge < -0.3 is 10.5 Å². The first kappa shape index (κ1) is 8.53. The fourth-order valence-corrected chi connectivity index (χ4v) is 1.60. The molecule has 0 amide bonds. The zero-order valence-electron chi connectivity index (χ0n) is 7.01. The monoisotopic (exact) mass is 158 g/mol. The van der Waals surface area contributed by atoms with E-state index < -0.39 is 0 Å². The van der Waals surface area contributed by atoms with Crippen LogP contribution in [0, 0.1) is 5.92 Å². The number of esters is 1. The summed E-state index contributed by atoms with van der Waals surface area (Å²) in [4.78, 5) is 11.2. The molecule has 3 heteroatoms. The van der Waals surface area contributed by atoms with E-state index in [4.69, 9.17) is 4.74 Å². The molecule has 1 saturated carbocycles. The van der Waals surface area contributed by atoms with E-state index >= 15 is 0 Å². The Morgan fingerprint density at radius 3 is 2.82 bits per heavy atom. The third-order valence-corrected chi connectivity index (χ3v) is 2.25. The minimum Gasteiger partial charge on any atom is -0.466 e. The van der Waals surface area contributed by atoms with Crippen molar-refractivity contribution in [2.75, 3.05) is 6.61 Å². The molecule has 11 heavy (non-hydrogen) atoms. The first-order valence-electron chi connectivity index (χ1n) is 4.25. The lowest BCUT2D eigenvalue weighted by Crippen LogP contribution is -2.63. The molecular formula is C8H16NO2+. The van der Waals surface area contributed by atoms with Gasteiger partial charge in [0, 0.05) is 6.42 Å². The predicted molar refractivity (Wildman–Crippen MR) is 40.7 cm³/mol. The van der Waals surface area contributed by atoms with E-state index in [-0.39, 0.29) is 17.9 Å². The Bertz CT molecular complexity index is 147. The van der Waals surface area contributed by atoms with Gasteiger partial charge in [0.1, 0.15) is 5.92 Å². The van der Waals surface area contributed by atoms with Crippen LogP contribution in [-0.4, -0.2) is 18.6 Å². The second-order valence-corrected chi connectivity index (χ2v) is 3.05. The topological polar surface area (TPSA) is 53.9 Å². The summed E-state index contributed by atoms with van der Waals surface area (Å²) in [7, 11) is 0. The molecule has 0 spiro atoms. The summed E-state index contributed by atoms with van der Waals surface area (Å²) in [5.41, 5.74) is 3.92. The van der Waals surface area contributed by atoms with E-state index in [1.807, 2.05) is 6.92 Å². The van der Waals surface area contributed by atoms with Crippen molar-refractivity contribution in [3.8, 4) is 0 Å². The third-order valence-electron chi connectivity index (χ3n) is 2.25. The van der Waals surface area contributed by atoms with Gasteiger partial charge in [0.25, 0.3) is 0 Å². The fraction of sp³-hybridized carbons (Fsp3) is 0.875. The average molecular weight is 158 g/mol. The Labute approximate surface area is 66.9 Å². The van der Waals surface area contributed by atoms with Gasteiger partial charge in [0.2, 0.25) is 0 Å². The van der Waals surface area contributed by atoms with E-state index in [0.717, 1.165) is 19.3 Å². The van der Waals surface area contributed by atoms with Crippen molar-refractivity contribution in [3.63, 3.8) is 0 Å². The molecule has 0 radical (unpaired) electrons. The Morgan fingerprint density at radius 1 is 1.64 bits per heavy atom. The van der Waals surface area contributed by atoms with Crippen LogP contribution in [0.3, 0.4) is 0 Å². The highest BCUT2D eigenvalue weighted by atomic mass is 16.5. The van der Waals surface area contributed by atoms with Crippen LogP contribution in [-0.2, 0) is 9.53 Å². The van der Waals surface area contributed by atoms with E-state index in [0.29, 0.717) is 6.61 Å². The highest BCUT2D eigenvalue weighted by molar-refractivity contribution is 5.73. The zero-order valence-corrected chi connectivity index (χ0v) is 7.01. The van der Waals surface area contributed by atoms with E-state index in [1.54, 1.807) is 0 Å². The summed E-state index contributed by atoms with van der Waals surface area (Å²) >= 11 is 0. The van der Waals surface area contributed by atoms with E-state index in [2.05, 4.69) is 5.73 Å². The molecule has 2 atom stereocenters. The smallest absolute Gasteiger partial charge is 0.314 e. The largest absolute Gasteiger partial charge is 0.466 e. The molecule has 0 aromatic carbocycles. The Kier molecular flexibility index (Phi) is 2.88. The van der Waals surface area contributed by atoms with Gasteiger partial charge in [-0.25, -0.2) is 0 Å². The second-order valence-electron chi connectivity index (χ2n) is 3.05. The van der Waals surface area contributed by atoms with Crippen molar-refractivity contribution in [1.82, 2.24) is 0 Å². The van der Waals surface area contributed by atoms with Crippen LogP contribution in [0.4, 0.5) is 0 Å². The van der Waals surface area contributed by atoms with Crippen molar-refractivity contribution in [2.45, 2.75) is 32.2 Å². The first-order valence-corrected chi connectivity index (χ1v) is 4.25. The van der Waals surface area contributed by atoms with Crippen LogP contribution >= 0.6 is 0 Å². The number of carbonyl (C=O) groups excluding carboxylic acids is 1. The van der Waals surface area contributed by atoms with Crippen molar-refractivity contribution >= 4 is 5.97 Å². The van der Waals surface area contributed by atoms with Crippen LogP contribution in [0.5, 0.6) is 0 Å².